The number of hydrogen-bond donors (Lipinski definition) is 0. The molecule has 8 nitrogen and oxygen atoms in total. The molecule has 0 unspecified atom stereocenters. The van der Waals surface area contributed by atoms with E-state index in [4.69, 9.17) is 18.9 Å². The minimum Gasteiger partial charge on any atom is -0.462 e. The summed E-state index contributed by atoms with van der Waals surface area (Å²) in [6, 6.07) is 0. The summed E-state index contributed by atoms with van der Waals surface area (Å²) in [5, 5.41) is 0.168. The zero-order valence-corrected chi connectivity index (χ0v) is 19.1. The van der Waals surface area contributed by atoms with Crippen molar-refractivity contribution in [2.45, 2.75) is 33.0 Å². The second-order valence-corrected chi connectivity index (χ2v) is 6.81. The molecule has 0 N–H and O–H groups in total. The maximum Gasteiger partial charge on any atom is 0.348 e. The van der Waals surface area contributed by atoms with E-state index in [1.54, 1.807) is 27.7 Å². The standard InChI is InChI=1S/C19H23BrO8S/c1-5-25-16(21)12(17(22)26-6-2)9-11-13(10-20)15(19(24)28-8-4)29-14(11)18(23)27-7-3/h9H,5-8,10H2,1-4H3. The molecule has 1 heterocycles. The van der Waals surface area contributed by atoms with Gasteiger partial charge < -0.3 is 18.9 Å². The number of rotatable bonds is 10. The zero-order chi connectivity index (χ0) is 22.0. The Morgan fingerprint density at radius 3 is 1.66 bits per heavy atom. The van der Waals surface area contributed by atoms with Crippen molar-refractivity contribution in [3.8, 4) is 0 Å². The largest absolute Gasteiger partial charge is 0.462 e. The summed E-state index contributed by atoms with van der Waals surface area (Å²) in [5.41, 5.74) is 0.196. The normalized spacial score (nSPS) is 10.1. The average Bonchev–Trinajstić information content (AvgIpc) is 3.05. The minimum absolute atomic E-state index is 0.0450. The van der Waals surface area contributed by atoms with Gasteiger partial charge in [0.15, 0.2) is 0 Å². The van der Waals surface area contributed by atoms with Crippen molar-refractivity contribution in [1.29, 1.82) is 0 Å². The third-order valence-electron chi connectivity index (χ3n) is 3.38. The van der Waals surface area contributed by atoms with E-state index in [2.05, 4.69) is 15.9 Å². The number of halogens is 1. The number of alkyl halides is 1. The minimum atomic E-state index is -0.898. The first-order chi connectivity index (χ1) is 13.9. The Bertz CT molecular complexity index is 776. The predicted molar refractivity (Wildman–Crippen MR) is 110 cm³/mol. The fourth-order valence-corrected chi connectivity index (χ4v) is 4.09. The molecular formula is C19H23BrO8S. The number of carbonyl (C=O) groups is 4. The highest BCUT2D eigenvalue weighted by molar-refractivity contribution is 9.08. The van der Waals surface area contributed by atoms with Crippen molar-refractivity contribution in [3.05, 3.63) is 26.5 Å². The Hall–Kier alpha value is -2.20. The molecule has 0 bridgehead atoms. The van der Waals surface area contributed by atoms with Gasteiger partial charge >= 0.3 is 23.9 Å². The summed E-state index contributed by atoms with van der Waals surface area (Å²) < 4.78 is 20.0. The van der Waals surface area contributed by atoms with Crippen LogP contribution in [0.2, 0.25) is 0 Å². The molecular weight excluding hydrogens is 468 g/mol. The Labute approximate surface area is 181 Å². The van der Waals surface area contributed by atoms with Gasteiger partial charge in [-0.15, -0.1) is 11.3 Å². The Morgan fingerprint density at radius 2 is 1.24 bits per heavy atom. The van der Waals surface area contributed by atoms with Gasteiger partial charge in [0.05, 0.1) is 26.4 Å². The Balaban J connectivity index is 3.71. The number of thiophene rings is 1. The van der Waals surface area contributed by atoms with Gasteiger partial charge in [-0.05, 0) is 39.3 Å². The molecule has 0 saturated carbocycles. The molecule has 0 radical (unpaired) electrons. The molecule has 160 valence electrons. The number of esters is 4. The van der Waals surface area contributed by atoms with E-state index in [0.717, 1.165) is 11.3 Å². The van der Waals surface area contributed by atoms with Crippen LogP contribution in [0.25, 0.3) is 6.08 Å². The van der Waals surface area contributed by atoms with Gasteiger partial charge in [0.1, 0.15) is 15.3 Å². The van der Waals surface area contributed by atoms with E-state index in [9.17, 15) is 19.2 Å². The highest BCUT2D eigenvalue weighted by atomic mass is 79.9. The lowest BCUT2D eigenvalue weighted by Gasteiger charge is -2.08. The van der Waals surface area contributed by atoms with Crippen LogP contribution in [0.4, 0.5) is 0 Å². The van der Waals surface area contributed by atoms with Gasteiger partial charge in [-0.3, -0.25) is 0 Å². The van der Waals surface area contributed by atoms with Crippen LogP contribution in [-0.2, 0) is 33.9 Å². The molecule has 1 aromatic rings. The van der Waals surface area contributed by atoms with Crippen molar-refractivity contribution < 1.29 is 38.1 Å². The van der Waals surface area contributed by atoms with Crippen LogP contribution in [0.1, 0.15) is 58.2 Å². The van der Waals surface area contributed by atoms with Crippen LogP contribution in [0.5, 0.6) is 0 Å². The van der Waals surface area contributed by atoms with E-state index in [0.29, 0.717) is 5.56 Å². The van der Waals surface area contributed by atoms with Crippen LogP contribution in [0.15, 0.2) is 5.57 Å². The maximum absolute atomic E-state index is 12.5. The highest BCUT2D eigenvalue weighted by Crippen LogP contribution is 2.34. The van der Waals surface area contributed by atoms with Crippen LogP contribution in [-0.4, -0.2) is 50.3 Å². The second kappa shape index (κ2) is 12.4. The van der Waals surface area contributed by atoms with Gasteiger partial charge in [0, 0.05) is 10.9 Å². The topological polar surface area (TPSA) is 105 Å². The molecule has 0 aliphatic rings. The van der Waals surface area contributed by atoms with Crippen LogP contribution < -0.4 is 0 Å². The molecule has 0 saturated heterocycles. The summed E-state index contributed by atoms with van der Waals surface area (Å²) in [7, 11) is 0. The summed E-state index contributed by atoms with van der Waals surface area (Å²) in [6.45, 7) is 6.84. The number of hydrogen-bond acceptors (Lipinski definition) is 9. The lowest BCUT2D eigenvalue weighted by atomic mass is 10.1. The quantitative estimate of drug-likeness (QED) is 0.122. The maximum atomic E-state index is 12.5. The first-order valence-corrected chi connectivity index (χ1v) is 10.9. The number of carbonyl (C=O) groups excluding carboxylic acids is 4. The van der Waals surface area contributed by atoms with Gasteiger partial charge in [-0.2, -0.15) is 0 Å². The molecule has 0 aliphatic heterocycles. The predicted octanol–water partition coefficient (Wildman–Crippen LogP) is 3.51. The third kappa shape index (κ3) is 6.40. The average molecular weight is 491 g/mol. The monoisotopic (exact) mass is 490 g/mol. The van der Waals surface area contributed by atoms with Crippen molar-refractivity contribution in [1.82, 2.24) is 0 Å². The fourth-order valence-electron chi connectivity index (χ4n) is 2.24. The Kier molecular flexibility index (Phi) is 10.6. The molecule has 10 heteroatoms. The highest BCUT2D eigenvalue weighted by Gasteiger charge is 2.29. The number of ether oxygens (including phenoxy) is 4. The van der Waals surface area contributed by atoms with Crippen molar-refractivity contribution >= 4 is 57.2 Å². The lowest BCUT2D eigenvalue weighted by molar-refractivity contribution is -0.146. The molecule has 1 aromatic heterocycles. The summed E-state index contributed by atoms with van der Waals surface area (Å²) in [4.78, 5) is 49.6. The van der Waals surface area contributed by atoms with E-state index in [1.807, 2.05) is 0 Å². The SMILES string of the molecule is CCOC(=O)C(=Cc1c(C(=O)OCC)sc(C(=O)OCC)c1CBr)C(=O)OCC. The first kappa shape index (κ1) is 24.8. The third-order valence-corrected chi connectivity index (χ3v) is 5.15. The van der Waals surface area contributed by atoms with E-state index >= 15 is 0 Å². The van der Waals surface area contributed by atoms with Crippen molar-refractivity contribution in [3.63, 3.8) is 0 Å². The van der Waals surface area contributed by atoms with Crippen LogP contribution in [0, 0.1) is 0 Å². The van der Waals surface area contributed by atoms with Gasteiger partial charge in [0.25, 0.3) is 0 Å². The molecule has 1 rings (SSSR count). The lowest BCUT2D eigenvalue weighted by Crippen LogP contribution is -2.18. The van der Waals surface area contributed by atoms with Gasteiger partial charge in [-0.25, -0.2) is 19.2 Å². The molecule has 0 fully saturated rings. The first-order valence-electron chi connectivity index (χ1n) is 8.97. The van der Waals surface area contributed by atoms with Crippen molar-refractivity contribution in [2.75, 3.05) is 26.4 Å². The van der Waals surface area contributed by atoms with E-state index in [-0.39, 0.29) is 47.1 Å². The second-order valence-electron chi connectivity index (χ2n) is 5.23. The molecule has 0 spiro atoms. The molecule has 0 amide bonds. The molecule has 0 aromatic carbocycles. The van der Waals surface area contributed by atoms with Gasteiger partial charge in [0.2, 0.25) is 0 Å². The fraction of sp³-hybridized carbons (Fsp3) is 0.474. The smallest absolute Gasteiger partial charge is 0.348 e. The van der Waals surface area contributed by atoms with Gasteiger partial charge in [-0.1, -0.05) is 15.9 Å². The molecule has 29 heavy (non-hydrogen) atoms. The summed E-state index contributed by atoms with van der Waals surface area (Å²) in [6.07, 6.45) is 1.19. The molecule has 0 atom stereocenters. The zero-order valence-electron chi connectivity index (χ0n) is 16.7. The summed E-state index contributed by atoms with van der Waals surface area (Å²) in [5.74, 6) is -3.10. The molecule has 0 aliphatic carbocycles. The van der Waals surface area contributed by atoms with E-state index in [1.165, 1.54) is 6.08 Å². The van der Waals surface area contributed by atoms with Crippen molar-refractivity contribution in [2.24, 2.45) is 0 Å². The van der Waals surface area contributed by atoms with E-state index < -0.39 is 29.5 Å². The van der Waals surface area contributed by atoms with Crippen LogP contribution >= 0.6 is 27.3 Å². The Morgan fingerprint density at radius 1 is 0.793 bits per heavy atom. The van der Waals surface area contributed by atoms with Crippen LogP contribution in [0.3, 0.4) is 0 Å². The summed E-state index contributed by atoms with van der Waals surface area (Å²) >= 11 is 4.16.